The quantitative estimate of drug-likeness (QED) is 0.496. The van der Waals surface area contributed by atoms with Crippen LogP contribution in [-0.2, 0) is 0 Å². The third-order valence-corrected chi connectivity index (χ3v) is 2.06. The number of rotatable bonds is 3. The Hall–Kier alpha value is -0.0800. The van der Waals surface area contributed by atoms with Gasteiger partial charge in [-0.3, -0.25) is 9.80 Å². The predicted octanol–water partition coefficient (Wildman–Crippen LogP) is 0.168. The normalized spacial score (nSPS) is 27.3. The zero-order chi connectivity index (χ0) is 6.27. The Morgan fingerprint density at radius 3 is 1.78 bits per heavy atom. The van der Waals surface area contributed by atoms with Crippen LogP contribution in [0.5, 0.6) is 0 Å². The minimum absolute atomic E-state index is 0.699. The van der Waals surface area contributed by atoms with Gasteiger partial charge in [0, 0.05) is 26.2 Å². The Balaban J connectivity index is 1.85. The number of nitrogens with zero attached hydrogens (tertiary/aromatic N) is 2. The second-order valence-corrected chi connectivity index (χ2v) is 2.84. The van der Waals surface area contributed by atoms with Gasteiger partial charge in [-0.15, -0.1) is 0 Å². The molecule has 1 radical (unpaired) electrons. The lowest BCUT2D eigenvalue weighted by atomic mass is 10.4. The highest BCUT2D eigenvalue weighted by Crippen LogP contribution is 2.22. The van der Waals surface area contributed by atoms with Gasteiger partial charge in [-0.2, -0.15) is 0 Å². The summed E-state index contributed by atoms with van der Waals surface area (Å²) in [6, 6.07) is 0. The fourth-order valence-electron chi connectivity index (χ4n) is 1.31. The molecule has 0 unspecified atom stereocenters. The van der Waals surface area contributed by atoms with Crippen LogP contribution >= 0.6 is 0 Å². The summed E-state index contributed by atoms with van der Waals surface area (Å²) in [6.07, 6.45) is 1.75. The fourth-order valence-corrected chi connectivity index (χ4v) is 1.31. The van der Waals surface area contributed by atoms with Gasteiger partial charge in [-0.05, 0) is 6.42 Å². The summed E-state index contributed by atoms with van der Waals surface area (Å²) in [5.74, 6) is 0. The average Bonchev–Trinajstić information content (AvgIpc) is 2.61. The molecule has 2 heteroatoms. The lowest BCUT2D eigenvalue weighted by Crippen LogP contribution is -2.26. The topological polar surface area (TPSA) is 6.02 Å². The zero-order valence-electron chi connectivity index (χ0n) is 5.71. The molecule has 2 nitrogen and oxygen atoms in total. The van der Waals surface area contributed by atoms with Gasteiger partial charge in [-0.1, -0.05) is 6.92 Å². The molecule has 2 aliphatic heterocycles. The standard InChI is InChI=1S/C7H13N2/c1-2-7(8-3-4-8)9-5-6-9/h7H,1-6H2. The van der Waals surface area contributed by atoms with Crippen molar-refractivity contribution in [1.82, 2.24) is 9.80 Å². The van der Waals surface area contributed by atoms with Crippen LogP contribution in [0.4, 0.5) is 0 Å². The molecule has 0 spiro atoms. The van der Waals surface area contributed by atoms with E-state index in [0.717, 1.165) is 6.42 Å². The van der Waals surface area contributed by atoms with Crippen molar-refractivity contribution in [1.29, 1.82) is 0 Å². The summed E-state index contributed by atoms with van der Waals surface area (Å²) in [6.45, 7) is 9.13. The summed E-state index contributed by atoms with van der Waals surface area (Å²) in [4.78, 5) is 4.94. The molecule has 0 bridgehead atoms. The summed E-state index contributed by atoms with van der Waals surface area (Å²) in [7, 11) is 0. The van der Waals surface area contributed by atoms with Crippen molar-refractivity contribution in [3.05, 3.63) is 6.92 Å². The summed E-state index contributed by atoms with van der Waals surface area (Å²) in [5.41, 5.74) is 0. The third-order valence-electron chi connectivity index (χ3n) is 2.06. The van der Waals surface area contributed by atoms with Crippen LogP contribution in [0.15, 0.2) is 0 Å². The number of hydrogen-bond acceptors (Lipinski definition) is 2. The molecule has 0 N–H and O–H groups in total. The Bertz CT molecular complexity index is 93.5. The van der Waals surface area contributed by atoms with E-state index in [2.05, 4.69) is 16.7 Å². The molecule has 0 saturated carbocycles. The van der Waals surface area contributed by atoms with E-state index in [1.165, 1.54) is 26.2 Å². The second kappa shape index (κ2) is 1.96. The van der Waals surface area contributed by atoms with E-state index in [4.69, 9.17) is 0 Å². The molecule has 0 aliphatic carbocycles. The maximum absolute atomic E-state index is 3.93. The van der Waals surface area contributed by atoms with Gasteiger partial charge >= 0.3 is 0 Å². The Kier molecular flexibility index (Phi) is 1.24. The average molecular weight is 125 g/mol. The first kappa shape index (κ1) is 5.69. The van der Waals surface area contributed by atoms with E-state index in [1.807, 2.05) is 0 Å². The molecular formula is C7H13N2. The second-order valence-electron chi connectivity index (χ2n) is 2.84. The smallest absolute Gasteiger partial charge is 0.0624 e. The molecule has 0 atom stereocenters. The molecule has 2 saturated heterocycles. The molecule has 9 heavy (non-hydrogen) atoms. The van der Waals surface area contributed by atoms with Crippen LogP contribution in [0, 0.1) is 6.92 Å². The maximum atomic E-state index is 3.93. The Morgan fingerprint density at radius 2 is 1.56 bits per heavy atom. The van der Waals surface area contributed by atoms with Gasteiger partial charge in [0.15, 0.2) is 0 Å². The molecule has 0 aromatic carbocycles. The van der Waals surface area contributed by atoms with Crippen LogP contribution in [0.3, 0.4) is 0 Å². The van der Waals surface area contributed by atoms with Crippen LogP contribution in [0.1, 0.15) is 6.42 Å². The van der Waals surface area contributed by atoms with Crippen LogP contribution in [-0.4, -0.2) is 42.1 Å². The molecular weight excluding hydrogens is 112 g/mol. The summed E-state index contributed by atoms with van der Waals surface area (Å²) >= 11 is 0. The lowest BCUT2D eigenvalue weighted by Gasteiger charge is -2.15. The van der Waals surface area contributed by atoms with E-state index in [1.54, 1.807) is 0 Å². The van der Waals surface area contributed by atoms with E-state index < -0.39 is 0 Å². The number of hydrogen-bond donors (Lipinski definition) is 0. The largest absolute Gasteiger partial charge is 0.285 e. The SMILES string of the molecule is [CH2]CC(N1CC1)N1CC1. The van der Waals surface area contributed by atoms with E-state index in [9.17, 15) is 0 Å². The van der Waals surface area contributed by atoms with E-state index in [-0.39, 0.29) is 0 Å². The molecule has 0 aromatic heterocycles. The maximum Gasteiger partial charge on any atom is 0.0624 e. The van der Waals surface area contributed by atoms with Crippen molar-refractivity contribution in [2.24, 2.45) is 0 Å². The third kappa shape index (κ3) is 1.10. The van der Waals surface area contributed by atoms with Gasteiger partial charge < -0.3 is 0 Å². The van der Waals surface area contributed by atoms with Crippen molar-refractivity contribution >= 4 is 0 Å². The predicted molar refractivity (Wildman–Crippen MR) is 36.9 cm³/mol. The first-order valence-corrected chi connectivity index (χ1v) is 3.69. The molecule has 2 rings (SSSR count). The molecule has 2 heterocycles. The molecule has 0 aromatic rings. The highest BCUT2D eigenvalue weighted by Gasteiger charge is 2.35. The van der Waals surface area contributed by atoms with Crippen LogP contribution in [0.2, 0.25) is 0 Å². The first-order chi connectivity index (χ1) is 4.42. The Labute approximate surface area is 56.4 Å². The minimum atomic E-state index is 0.699. The van der Waals surface area contributed by atoms with E-state index >= 15 is 0 Å². The van der Waals surface area contributed by atoms with Crippen LogP contribution < -0.4 is 0 Å². The monoisotopic (exact) mass is 125 g/mol. The van der Waals surface area contributed by atoms with Crippen molar-refractivity contribution in [2.45, 2.75) is 12.6 Å². The van der Waals surface area contributed by atoms with Crippen molar-refractivity contribution < 1.29 is 0 Å². The van der Waals surface area contributed by atoms with Gasteiger partial charge in [0.1, 0.15) is 0 Å². The van der Waals surface area contributed by atoms with Gasteiger partial charge in [0.2, 0.25) is 0 Å². The molecule has 2 fully saturated rings. The zero-order valence-corrected chi connectivity index (χ0v) is 5.71. The first-order valence-electron chi connectivity index (χ1n) is 3.69. The van der Waals surface area contributed by atoms with Crippen molar-refractivity contribution in [3.8, 4) is 0 Å². The minimum Gasteiger partial charge on any atom is -0.285 e. The lowest BCUT2D eigenvalue weighted by molar-refractivity contribution is 0.250. The highest BCUT2D eigenvalue weighted by molar-refractivity contribution is 4.88. The highest BCUT2D eigenvalue weighted by atomic mass is 15.5. The van der Waals surface area contributed by atoms with Crippen LogP contribution in [0.25, 0.3) is 0 Å². The summed E-state index contributed by atoms with van der Waals surface area (Å²) in [5, 5.41) is 0. The molecule has 2 aliphatic rings. The Morgan fingerprint density at radius 1 is 1.11 bits per heavy atom. The van der Waals surface area contributed by atoms with E-state index in [0.29, 0.717) is 6.17 Å². The fraction of sp³-hybridized carbons (Fsp3) is 0.857. The summed E-state index contributed by atoms with van der Waals surface area (Å²) < 4.78 is 0. The van der Waals surface area contributed by atoms with Gasteiger partial charge in [-0.25, -0.2) is 0 Å². The van der Waals surface area contributed by atoms with Gasteiger partial charge in [0.25, 0.3) is 0 Å². The van der Waals surface area contributed by atoms with Crippen molar-refractivity contribution in [3.63, 3.8) is 0 Å². The van der Waals surface area contributed by atoms with Gasteiger partial charge in [0.05, 0.1) is 6.17 Å². The molecule has 51 valence electrons. The molecule has 0 amide bonds. The van der Waals surface area contributed by atoms with Crippen molar-refractivity contribution in [2.75, 3.05) is 26.2 Å².